The highest BCUT2D eigenvalue weighted by atomic mass is 32.2. The van der Waals surface area contributed by atoms with E-state index in [9.17, 15) is 13.5 Å². The van der Waals surface area contributed by atoms with Gasteiger partial charge >= 0.3 is 0 Å². The van der Waals surface area contributed by atoms with Gasteiger partial charge in [0.1, 0.15) is 6.10 Å². The first kappa shape index (κ1) is 16.7. The Labute approximate surface area is 138 Å². The summed E-state index contributed by atoms with van der Waals surface area (Å²) in [7, 11) is -3.89. The molecule has 3 fully saturated rings. The Morgan fingerprint density at radius 3 is 2.30 bits per heavy atom. The van der Waals surface area contributed by atoms with Crippen molar-refractivity contribution in [2.75, 3.05) is 0 Å². The fraction of sp³-hybridized carbons (Fsp3) is 0.556. The van der Waals surface area contributed by atoms with Crippen LogP contribution in [0.25, 0.3) is 6.08 Å². The van der Waals surface area contributed by atoms with E-state index in [1.165, 1.54) is 12.1 Å². The van der Waals surface area contributed by atoms with Gasteiger partial charge in [0.25, 0.3) is 10.1 Å². The van der Waals surface area contributed by atoms with E-state index in [4.69, 9.17) is 4.18 Å². The smallest absolute Gasteiger partial charge is 0.297 e. The normalized spacial score (nSPS) is 35.4. The maximum Gasteiger partial charge on any atom is 0.297 e. The van der Waals surface area contributed by atoms with Crippen LogP contribution in [0.4, 0.5) is 0 Å². The lowest BCUT2D eigenvalue weighted by molar-refractivity contribution is -0.237. The second kappa shape index (κ2) is 5.16. The van der Waals surface area contributed by atoms with Gasteiger partial charge in [-0.05, 0) is 54.7 Å². The van der Waals surface area contributed by atoms with Crippen LogP contribution in [0, 0.1) is 17.3 Å². The summed E-state index contributed by atoms with van der Waals surface area (Å²) >= 11 is 0. The van der Waals surface area contributed by atoms with Gasteiger partial charge in [-0.1, -0.05) is 38.6 Å². The van der Waals surface area contributed by atoms with Crippen molar-refractivity contribution in [3.63, 3.8) is 0 Å². The van der Waals surface area contributed by atoms with Gasteiger partial charge in [0.2, 0.25) is 0 Å². The summed E-state index contributed by atoms with van der Waals surface area (Å²) in [5, 5.41) is 10.9. The quantitative estimate of drug-likeness (QED) is 0.858. The van der Waals surface area contributed by atoms with Crippen molar-refractivity contribution < 1.29 is 17.7 Å². The third-order valence-corrected chi connectivity index (χ3v) is 7.31. The van der Waals surface area contributed by atoms with Crippen molar-refractivity contribution in [2.45, 2.75) is 50.2 Å². The monoisotopic (exact) mass is 336 g/mol. The molecule has 3 aliphatic carbocycles. The summed E-state index contributed by atoms with van der Waals surface area (Å²) in [6.07, 6.45) is 2.47. The van der Waals surface area contributed by atoms with E-state index in [-0.39, 0.29) is 16.2 Å². The summed E-state index contributed by atoms with van der Waals surface area (Å²) in [6, 6.07) is 6.38. The average molecular weight is 336 g/mol. The minimum Gasteiger partial charge on any atom is -0.387 e. The molecule has 23 heavy (non-hydrogen) atoms. The van der Waals surface area contributed by atoms with Crippen molar-refractivity contribution in [2.24, 2.45) is 17.3 Å². The Morgan fingerprint density at radius 1 is 1.22 bits per heavy atom. The molecule has 2 unspecified atom stereocenters. The molecule has 0 saturated heterocycles. The van der Waals surface area contributed by atoms with Crippen molar-refractivity contribution in [3.8, 4) is 0 Å². The molecule has 4 atom stereocenters. The summed E-state index contributed by atoms with van der Waals surface area (Å²) in [5.74, 6) is 0.466. The van der Waals surface area contributed by atoms with Crippen LogP contribution in [-0.2, 0) is 14.3 Å². The zero-order valence-corrected chi connectivity index (χ0v) is 14.6. The number of hydrogen-bond acceptors (Lipinski definition) is 4. The minimum absolute atomic E-state index is 0.0404. The lowest BCUT2D eigenvalue weighted by Crippen LogP contribution is -2.67. The van der Waals surface area contributed by atoms with Crippen molar-refractivity contribution in [1.82, 2.24) is 0 Å². The first-order valence-electron chi connectivity index (χ1n) is 7.97. The summed E-state index contributed by atoms with van der Waals surface area (Å²) in [5.41, 5.74) is -0.248. The van der Waals surface area contributed by atoms with Crippen molar-refractivity contribution in [3.05, 3.63) is 36.4 Å². The summed E-state index contributed by atoms with van der Waals surface area (Å²) in [6.45, 7) is 9.63. The van der Waals surface area contributed by atoms with Gasteiger partial charge in [0.15, 0.2) is 0 Å². The van der Waals surface area contributed by atoms with Gasteiger partial charge in [-0.2, -0.15) is 8.42 Å². The van der Waals surface area contributed by atoms with E-state index < -0.39 is 21.8 Å². The molecule has 4 nitrogen and oxygen atoms in total. The van der Waals surface area contributed by atoms with Gasteiger partial charge in [0, 0.05) is 0 Å². The van der Waals surface area contributed by atoms with E-state index in [1.54, 1.807) is 25.1 Å². The lowest BCUT2D eigenvalue weighted by Gasteiger charge is -2.64. The van der Waals surface area contributed by atoms with Crippen LogP contribution in [0.3, 0.4) is 0 Å². The summed E-state index contributed by atoms with van der Waals surface area (Å²) < 4.78 is 30.5. The van der Waals surface area contributed by atoms with E-state index in [0.717, 1.165) is 12.0 Å². The largest absolute Gasteiger partial charge is 0.387 e. The van der Waals surface area contributed by atoms with Crippen LogP contribution >= 0.6 is 0 Å². The topological polar surface area (TPSA) is 63.6 Å². The second-order valence-electron chi connectivity index (χ2n) is 7.58. The van der Waals surface area contributed by atoms with Crippen molar-refractivity contribution >= 4 is 16.2 Å². The number of benzene rings is 1. The lowest BCUT2D eigenvalue weighted by atomic mass is 9.43. The molecule has 0 amide bonds. The van der Waals surface area contributed by atoms with Crippen LogP contribution in [-0.4, -0.2) is 25.2 Å². The number of fused-ring (bicyclic) bond motifs is 2. The van der Waals surface area contributed by atoms with Crippen molar-refractivity contribution in [1.29, 1.82) is 0 Å². The zero-order valence-electron chi connectivity index (χ0n) is 13.8. The SMILES string of the molecule is C=Cc1ccc(S(=O)(=O)O[C@@H]2CC3CC(C3(C)C)[C@@]2(C)O)cc1. The maximum absolute atomic E-state index is 12.5. The molecule has 1 N–H and O–H groups in total. The molecule has 126 valence electrons. The first-order chi connectivity index (χ1) is 10.6. The molecule has 0 heterocycles. The van der Waals surface area contributed by atoms with Crippen LogP contribution in [0.1, 0.15) is 39.2 Å². The Bertz CT molecular complexity index is 716. The molecular weight excluding hydrogens is 312 g/mol. The number of rotatable bonds is 4. The minimum atomic E-state index is -3.89. The molecule has 0 spiro atoms. The highest BCUT2D eigenvalue weighted by Crippen LogP contribution is 2.63. The van der Waals surface area contributed by atoms with Crippen LogP contribution in [0.2, 0.25) is 0 Å². The van der Waals surface area contributed by atoms with Crippen LogP contribution in [0.5, 0.6) is 0 Å². The molecule has 1 aromatic carbocycles. The molecule has 5 heteroatoms. The van der Waals surface area contributed by atoms with E-state index >= 15 is 0 Å². The van der Waals surface area contributed by atoms with Gasteiger partial charge in [0.05, 0.1) is 10.5 Å². The molecule has 4 rings (SSSR count). The predicted molar refractivity (Wildman–Crippen MR) is 89.2 cm³/mol. The molecule has 3 aliphatic rings. The Balaban J connectivity index is 1.82. The fourth-order valence-electron chi connectivity index (χ4n) is 4.24. The zero-order chi connectivity index (χ0) is 17.0. The number of aliphatic hydroxyl groups is 1. The first-order valence-corrected chi connectivity index (χ1v) is 9.38. The molecule has 0 aliphatic heterocycles. The Kier molecular flexibility index (Phi) is 3.74. The molecule has 2 bridgehead atoms. The number of hydrogen-bond donors (Lipinski definition) is 1. The van der Waals surface area contributed by atoms with Crippen LogP contribution < -0.4 is 0 Å². The van der Waals surface area contributed by atoms with E-state index in [0.29, 0.717) is 12.3 Å². The fourth-order valence-corrected chi connectivity index (χ4v) is 5.40. The maximum atomic E-state index is 12.5. The van der Waals surface area contributed by atoms with E-state index in [2.05, 4.69) is 20.4 Å². The van der Waals surface area contributed by atoms with Gasteiger partial charge in [-0.15, -0.1) is 0 Å². The highest BCUT2D eigenvalue weighted by molar-refractivity contribution is 7.86. The van der Waals surface area contributed by atoms with Gasteiger partial charge < -0.3 is 5.11 Å². The highest BCUT2D eigenvalue weighted by Gasteiger charge is 2.64. The van der Waals surface area contributed by atoms with E-state index in [1.807, 2.05) is 0 Å². The van der Waals surface area contributed by atoms with Crippen LogP contribution in [0.15, 0.2) is 35.7 Å². The predicted octanol–water partition coefficient (Wildman–Crippen LogP) is 3.22. The molecule has 0 radical (unpaired) electrons. The molecule has 3 saturated carbocycles. The standard InChI is InChI=1S/C18H24O4S/c1-5-12-6-8-14(9-7-12)23(20,21)22-16-11-13-10-15(17(13,2)3)18(16,4)19/h5-9,13,15-16,19H,1,10-11H2,2-4H3/t13?,15?,16-,18-/m1/s1. The molecule has 0 aromatic heterocycles. The average Bonchev–Trinajstić information content (AvgIpc) is 2.48. The molecule has 1 aromatic rings. The second-order valence-corrected chi connectivity index (χ2v) is 9.15. The van der Waals surface area contributed by atoms with Gasteiger partial charge in [-0.3, -0.25) is 4.18 Å². The summed E-state index contributed by atoms with van der Waals surface area (Å²) in [4.78, 5) is 0.109. The third-order valence-electron chi connectivity index (χ3n) is 5.97. The Hall–Kier alpha value is -1.17. The van der Waals surface area contributed by atoms with Gasteiger partial charge in [-0.25, -0.2) is 0 Å². The third kappa shape index (κ3) is 2.55. The Morgan fingerprint density at radius 2 is 1.83 bits per heavy atom. The molecular formula is C18H24O4S.